The van der Waals surface area contributed by atoms with Crippen LogP contribution in [0.3, 0.4) is 0 Å². The number of urea groups is 1. The van der Waals surface area contributed by atoms with Crippen molar-refractivity contribution in [2.75, 3.05) is 37.7 Å². The van der Waals surface area contributed by atoms with E-state index in [-0.39, 0.29) is 30.8 Å². The Morgan fingerprint density at radius 1 is 1.00 bits per heavy atom. The first kappa shape index (κ1) is 28.6. The Labute approximate surface area is 218 Å². The number of amides is 3. The summed E-state index contributed by atoms with van der Waals surface area (Å²) in [5, 5.41) is 34.9. The van der Waals surface area contributed by atoms with Gasteiger partial charge in [0.15, 0.2) is 0 Å². The molecule has 0 bridgehead atoms. The molecule has 3 amide bonds. The van der Waals surface area contributed by atoms with Crippen LogP contribution in [0.15, 0.2) is 42.5 Å². The molecule has 2 aromatic rings. The van der Waals surface area contributed by atoms with Crippen molar-refractivity contribution >= 4 is 17.6 Å². The highest BCUT2D eigenvalue weighted by atomic mass is 16.5. The van der Waals surface area contributed by atoms with Crippen molar-refractivity contribution in [3.05, 3.63) is 59.2 Å². The van der Waals surface area contributed by atoms with Gasteiger partial charge in [-0.3, -0.25) is 4.79 Å². The Bertz CT molecular complexity index is 999. The van der Waals surface area contributed by atoms with Crippen molar-refractivity contribution in [1.82, 2.24) is 10.6 Å². The van der Waals surface area contributed by atoms with Gasteiger partial charge in [0.25, 0.3) is 5.91 Å². The van der Waals surface area contributed by atoms with E-state index in [2.05, 4.69) is 10.6 Å². The monoisotopic (exact) mass is 513 g/mol. The molecular weight excluding hydrogens is 474 g/mol. The predicted octanol–water partition coefficient (Wildman–Crippen LogP) is 3.16. The molecule has 9 heteroatoms. The van der Waals surface area contributed by atoms with E-state index in [1.807, 2.05) is 18.2 Å². The molecular formula is C28H39N3O6. The molecule has 1 heterocycles. The number of benzene rings is 2. The van der Waals surface area contributed by atoms with Gasteiger partial charge < -0.3 is 30.7 Å². The first-order valence-corrected chi connectivity index (χ1v) is 13.1. The molecule has 0 radical (unpaired) electrons. The van der Waals surface area contributed by atoms with Gasteiger partial charge in [0.05, 0.1) is 24.9 Å². The number of carbonyl (C=O) groups is 2. The zero-order chi connectivity index (χ0) is 26.5. The zero-order valence-electron chi connectivity index (χ0n) is 21.3. The number of unbranched alkanes of at least 4 members (excludes halogenated alkanes) is 4. The topological polar surface area (TPSA) is 131 Å². The Hall–Kier alpha value is -2.98. The molecule has 1 atom stereocenters. The molecule has 202 valence electrons. The number of aliphatic hydroxyl groups excluding tert-OH is 2. The molecule has 0 spiro atoms. The van der Waals surface area contributed by atoms with E-state index in [1.54, 1.807) is 18.2 Å². The second-order valence-corrected chi connectivity index (χ2v) is 9.31. The molecule has 1 aliphatic rings. The number of aliphatic hydroxyl groups is 2. The molecule has 0 aromatic heterocycles. The molecule has 1 fully saturated rings. The number of ether oxygens (including phenoxy) is 1. The smallest absolute Gasteiger partial charge is 0.329 e. The number of hydrogen-bond acceptors (Lipinski definition) is 7. The number of phenols is 1. The van der Waals surface area contributed by atoms with Crippen LogP contribution in [-0.2, 0) is 22.6 Å². The summed E-state index contributed by atoms with van der Waals surface area (Å²) in [6.07, 6.45) is 6.36. The van der Waals surface area contributed by atoms with Crippen LogP contribution in [-0.4, -0.2) is 60.1 Å². The van der Waals surface area contributed by atoms with E-state index in [0.29, 0.717) is 23.4 Å². The Morgan fingerprint density at radius 3 is 2.54 bits per heavy atom. The van der Waals surface area contributed by atoms with Crippen LogP contribution in [0, 0.1) is 0 Å². The standard InChI is InChI=1S/C28H39N3O6/c32-20-23-17-22(11-12-25(23)33)26(34)18-29-13-4-1-2-5-14-37-15-6-3-8-21-9-7-10-24(16-21)31-27(35)19-30-28(31)36/h7,9-12,16-17,26,29,32-34H,1-6,8,13-15,18-20H2,(H,30,36). The fourth-order valence-electron chi connectivity index (χ4n) is 4.27. The number of hydrogen-bond donors (Lipinski definition) is 5. The molecule has 1 unspecified atom stereocenters. The summed E-state index contributed by atoms with van der Waals surface area (Å²) in [6.45, 7) is 2.51. The summed E-state index contributed by atoms with van der Waals surface area (Å²) in [4.78, 5) is 24.9. The van der Waals surface area contributed by atoms with E-state index in [0.717, 1.165) is 70.3 Å². The third kappa shape index (κ3) is 9.12. The number of aromatic hydroxyl groups is 1. The van der Waals surface area contributed by atoms with Gasteiger partial charge in [-0.25, -0.2) is 9.69 Å². The maximum Gasteiger partial charge on any atom is 0.329 e. The van der Waals surface area contributed by atoms with Gasteiger partial charge in [0.1, 0.15) is 5.75 Å². The van der Waals surface area contributed by atoms with Gasteiger partial charge in [-0.2, -0.15) is 0 Å². The van der Waals surface area contributed by atoms with Gasteiger partial charge in [-0.05, 0) is 74.0 Å². The maximum atomic E-state index is 11.9. The molecule has 0 saturated carbocycles. The lowest BCUT2D eigenvalue weighted by atomic mass is 10.1. The number of nitrogens with one attached hydrogen (secondary N) is 2. The predicted molar refractivity (Wildman–Crippen MR) is 141 cm³/mol. The van der Waals surface area contributed by atoms with Crippen LogP contribution in [0.5, 0.6) is 5.75 Å². The summed E-state index contributed by atoms with van der Waals surface area (Å²) in [5.41, 5.74) is 2.81. The number of carbonyl (C=O) groups excluding carboxylic acids is 2. The minimum absolute atomic E-state index is 0.0337. The fourth-order valence-corrected chi connectivity index (χ4v) is 4.27. The minimum atomic E-state index is -0.681. The molecule has 0 aliphatic carbocycles. The van der Waals surface area contributed by atoms with E-state index >= 15 is 0 Å². The van der Waals surface area contributed by atoms with Crippen molar-refractivity contribution in [2.45, 2.75) is 57.7 Å². The van der Waals surface area contributed by atoms with Gasteiger partial charge in [-0.1, -0.05) is 31.0 Å². The first-order valence-electron chi connectivity index (χ1n) is 13.1. The lowest BCUT2D eigenvalue weighted by Gasteiger charge is -2.14. The molecule has 9 nitrogen and oxygen atoms in total. The Balaban J connectivity index is 1.16. The number of aryl methyl sites for hydroxylation is 1. The normalized spacial score (nSPS) is 14.3. The third-order valence-electron chi connectivity index (χ3n) is 6.40. The van der Waals surface area contributed by atoms with Crippen molar-refractivity contribution in [2.24, 2.45) is 0 Å². The highest BCUT2D eigenvalue weighted by Crippen LogP contribution is 2.22. The first-order chi connectivity index (χ1) is 18.0. The SMILES string of the molecule is O=C1CNC(=O)N1c1cccc(CCCCOCCCCCCNCC(O)c2ccc(O)c(CO)c2)c1. The van der Waals surface area contributed by atoms with Crippen molar-refractivity contribution in [3.63, 3.8) is 0 Å². The van der Waals surface area contributed by atoms with Gasteiger partial charge in [-0.15, -0.1) is 0 Å². The number of nitrogens with zero attached hydrogens (tertiary/aromatic N) is 1. The molecule has 5 N–H and O–H groups in total. The summed E-state index contributed by atoms with van der Waals surface area (Å²) < 4.78 is 5.75. The average Bonchev–Trinajstić information content (AvgIpc) is 3.24. The van der Waals surface area contributed by atoms with Crippen LogP contribution < -0.4 is 15.5 Å². The largest absolute Gasteiger partial charge is 0.508 e. The van der Waals surface area contributed by atoms with E-state index < -0.39 is 6.10 Å². The maximum absolute atomic E-state index is 11.9. The number of rotatable bonds is 17. The molecule has 1 aliphatic heterocycles. The quantitative estimate of drug-likeness (QED) is 0.162. The second-order valence-electron chi connectivity index (χ2n) is 9.31. The van der Waals surface area contributed by atoms with Crippen LogP contribution >= 0.6 is 0 Å². The lowest BCUT2D eigenvalue weighted by molar-refractivity contribution is -0.115. The van der Waals surface area contributed by atoms with Crippen molar-refractivity contribution in [1.29, 1.82) is 0 Å². The third-order valence-corrected chi connectivity index (χ3v) is 6.40. The van der Waals surface area contributed by atoms with Crippen molar-refractivity contribution < 1.29 is 29.6 Å². The number of imide groups is 1. The fraction of sp³-hybridized carbons (Fsp3) is 0.500. The lowest BCUT2D eigenvalue weighted by Crippen LogP contribution is -2.30. The average molecular weight is 514 g/mol. The highest BCUT2D eigenvalue weighted by Gasteiger charge is 2.29. The summed E-state index contributed by atoms with van der Waals surface area (Å²) in [6, 6.07) is 12.0. The second kappa shape index (κ2) is 15.3. The van der Waals surface area contributed by atoms with Crippen LogP contribution in [0.2, 0.25) is 0 Å². The summed E-state index contributed by atoms with van der Waals surface area (Å²) in [5.74, 6) is -0.194. The number of anilines is 1. The van der Waals surface area contributed by atoms with Crippen LogP contribution in [0.25, 0.3) is 0 Å². The van der Waals surface area contributed by atoms with Crippen LogP contribution in [0.1, 0.15) is 61.3 Å². The highest BCUT2D eigenvalue weighted by molar-refractivity contribution is 6.19. The molecule has 1 saturated heterocycles. The van der Waals surface area contributed by atoms with Crippen LogP contribution in [0.4, 0.5) is 10.5 Å². The van der Waals surface area contributed by atoms with E-state index in [4.69, 9.17) is 4.74 Å². The Kier molecular flexibility index (Phi) is 11.8. The molecule has 3 rings (SSSR count). The zero-order valence-corrected chi connectivity index (χ0v) is 21.3. The van der Waals surface area contributed by atoms with Crippen molar-refractivity contribution in [3.8, 4) is 5.75 Å². The summed E-state index contributed by atoms with van der Waals surface area (Å²) >= 11 is 0. The van der Waals surface area contributed by atoms with E-state index in [9.17, 15) is 24.9 Å². The van der Waals surface area contributed by atoms with Gasteiger partial charge in [0.2, 0.25) is 0 Å². The summed E-state index contributed by atoms with van der Waals surface area (Å²) in [7, 11) is 0. The van der Waals surface area contributed by atoms with Gasteiger partial charge >= 0.3 is 6.03 Å². The van der Waals surface area contributed by atoms with Gasteiger partial charge in [0, 0.05) is 25.3 Å². The molecule has 2 aromatic carbocycles. The Morgan fingerprint density at radius 2 is 1.78 bits per heavy atom. The minimum Gasteiger partial charge on any atom is -0.508 e. The molecule has 37 heavy (non-hydrogen) atoms. The van der Waals surface area contributed by atoms with E-state index in [1.165, 1.54) is 11.0 Å².